The molecule has 7 nitrogen and oxygen atoms in total. The number of benzene rings is 3. The number of hydrogen-bond donors (Lipinski definition) is 0. The number of ether oxygens (including phenoxy) is 2. The van der Waals surface area contributed by atoms with Gasteiger partial charge >= 0.3 is 6.18 Å². The van der Waals surface area contributed by atoms with Gasteiger partial charge in [0.15, 0.2) is 5.75 Å². The predicted molar refractivity (Wildman–Crippen MR) is 150 cm³/mol. The third kappa shape index (κ3) is 5.98. The van der Waals surface area contributed by atoms with Crippen molar-refractivity contribution in [2.75, 3.05) is 7.11 Å². The molecule has 2 aromatic heterocycles. The van der Waals surface area contributed by atoms with E-state index in [0.717, 1.165) is 0 Å². The Morgan fingerprint density at radius 3 is 2.43 bits per heavy atom. The molecule has 0 aliphatic carbocycles. The van der Waals surface area contributed by atoms with Crippen molar-refractivity contribution in [3.05, 3.63) is 106 Å². The van der Waals surface area contributed by atoms with Crippen molar-refractivity contribution in [1.29, 1.82) is 5.26 Å². The molecular formula is C30H18Cl2F3N3O4. The number of rotatable bonds is 8. The molecule has 0 fully saturated rings. The Hall–Kier alpha value is -4.72. The van der Waals surface area contributed by atoms with E-state index in [1.165, 1.54) is 37.5 Å². The van der Waals surface area contributed by atoms with Crippen molar-refractivity contribution in [3.8, 4) is 46.1 Å². The number of methoxy groups -OCH3 is 1. The van der Waals surface area contributed by atoms with Crippen molar-refractivity contribution in [2.24, 2.45) is 0 Å². The SMILES string of the molecule is C=Cc1c(Cc2nnc(-c3cc(-c4ccc(OC)cc4)oc3C(F)(F)F)o2)ccc(Cl)c1Oc1cc(Cl)cc(C#N)c1. The molecule has 0 aliphatic rings. The lowest BCUT2D eigenvalue weighted by molar-refractivity contribution is -0.152. The van der Waals surface area contributed by atoms with Gasteiger partial charge in [-0.2, -0.15) is 18.4 Å². The fourth-order valence-corrected chi connectivity index (χ4v) is 4.58. The summed E-state index contributed by atoms with van der Waals surface area (Å²) in [5.74, 6) is -0.603. The van der Waals surface area contributed by atoms with E-state index in [0.29, 0.717) is 27.5 Å². The Morgan fingerprint density at radius 2 is 1.76 bits per heavy atom. The molecule has 12 heteroatoms. The number of aromatic nitrogens is 2. The van der Waals surface area contributed by atoms with Crippen molar-refractivity contribution in [1.82, 2.24) is 10.2 Å². The lowest BCUT2D eigenvalue weighted by Gasteiger charge is -2.14. The Balaban J connectivity index is 1.47. The zero-order valence-corrected chi connectivity index (χ0v) is 23.1. The lowest BCUT2D eigenvalue weighted by atomic mass is 10.0. The molecule has 0 atom stereocenters. The first-order valence-electron chi connectivity index (χ1n) is 12.1. The van der Waals surface area contributed by atoms with Crippen LogP contribution in [0.5, 0.6) is 17.2 Å². The van der Waals surface area contributed by atoms with Crippen molar-refractivity contribution >= 4 is 29.3 Å². The highest BCUT2D eigenvalue weighted by Crippen LogP contribution is 2.42. The minimum Gasteiger partial charge on any atom is -0.497 e. The molecule has 0 unspecified atom stereocenters. The number of nitriles is 1. The first-order chi connectivity index (χ1) is 20.1. The predicted octanol–water partition coefficient (Wildman–Crippen LogP) is 9.23. The number of alkyl halides is 3. The Labute approximate surface area is 247 Å². The molecule has 0 N–H and O–H groups in total. The largest absolute Gasteiger partial charge is 0.497 e. The number of nitrogens with zero attached hydrogens (tertiary/aromatic N) is 3. The van der Waals surface area contributed by atoms with Gasteiger partial charge in [-0.05, 0) is 60.2 Å². The highest BCUT2D eigenvalue weighted by Gasteiger charge is 2.40. The molecule has 0 aliphatic heterocycles. The fourth-order valence-electron chi connectivity index (χ4n) is 4.15. The van der Waals surface area contributed by atoms with E-state index < -0.39 is 17.5 Å². The topological polar surface area (TPSA) is 94.3 Å². The van der Waals surface area contributed by atoms with Crippen LogP contribution in [-0.4, -0.2) is 17.3 Å². The second-order valence-electron chi connectivity index (χ2n) is 8.80. The van der Waals surface area contributed by atoms with Crippen LogP contribution >= 0.6 is 23.2 Å². The molecular weight excluding hydrogens is 594 g/mol. The van der Waals surface area contributed by atoms with Gasteiger partial charge in [0.2, 0.25) is 11.7 Å². The third-order valence-corrected chi connectivity index (χ3v) is 6.58. The molecule has 5 aromatic rings. The molecule has 2 heterocycles. The summed E-state index contributed by atoms with van der Waals surface area (Å²) in [7, 11) is 1.48. The Kier molecular flexibility index (Phi) is 7.98. The van der Waals surface area contributed by atoms with E-state index in [4.69, 9.17) is 41.5 Å². The maximum Gasteiger partial charge on any atom is 0.450 e. The summed E-state index contributed by atoms with van der Waals surface area (Å²) >= 11 is 12.5. The van der Waals surface area contributed by atoms with Gasteiger partial charge in [-0.15, -0.1) is 10.2 Å². The molecule has 0 bridgehead atoms. The average Bonchev–Trinajstić information content (AvgIpc) is 3.62. The van der Waals surface area contributed by atoms with Gasteiger partial charge in [0.25, 0.3) is 5.89 Å². The zero-order valence-electron chi connectivity index (χ0n) is 21.6. The van der Waals surface area contributed by atoms with E-state index >= 15 is 0 Å². The van der Waals surface area contributed by atoms with Gasteiger partial charge in [0, 0.05) is 16.1 Å². The van der Waals surface area contributed by atoms with Gasteiger partial charge in [-0.1, -0.05) is 41.9 Å². The van der Waals surface area contributed by atoms with E-state index in [2.05, 4.69) is 16.8 Å². The van der Waals surface area contributed by atoms with Crippen LogP contribution < -0.4 is 9.47 Å². The summed E-state index contributed by atoms with van der Waals surface area (Å²) in [6.45, 7) is 3.83. The zero-order chi connectivity index (χ0) is 30.0. The van der Waals surface area contributed by atoms with E-state index in [9.17, 15) is 18.4 Å². The van der Waals surface area contributed by atoms with Crippen LogP contribution in [0.4, 0.5) is 13.2 Å². The number of halogens is 5. The van der Waals surface area contributed by atoms with Gasteiger partial charge in [0.05, 0.1) is 35.7 Å². The highest BCUT2D eigenvalue weighted by atomic mass is 35.5. The highest BCUT2D eigenvalue weighted by molar-refractivity contribution is 6.32. The van der Waals surface area contributed by atoms with Crippen LogP contribution in [0.25, 0.3) is 28.9 Å². The van der Waals surface area contributed by atoms with Crippen LogP contribution in [0.1, 0.15) is 28.3 Å². The second-order valence-corrected chi connectivity index (χ2v) is 9.64. The molecule has 0 radical (unpaired) electrons. The molecule has 0 spiro atoms. The van der Waals surface area contributed by atoms with Crippen LogP contribution in [0, 0.1) is 11.3 Å². The molecule has 212 valence electrons. The summed E-state index contributed by atoms with van der Waals surface area (Å²) in [6, 6.07) is 17.3. The number of furan rings is 1. The minimum absolute atomic E-state index is 0.0193. The molecule has 0 saturated heterocycles. The summed E-state index contributed by atoms with van der Waals surface area (Å²) in [6.07, 6.45) is -3.30. The van der Waals surface area contributed by atoms with Crippen molar-refractivity contribution < 1.29 is 31.5 Å². The summed E-state index contributed by atoms with van der Waals surface area (Å²) in [4.78, 5) is 0. The second kappa shape index (κ2) is 11.6. The summed E-state index contributed by atoms with van der Waals surface area (Å²) in [5.41, 5.74) is 1.35. The van der Waals surface area contributed by atoms with Crippen LogP contribution in [0.3, 0.4) is 0 Å². The summed E-state index contributed by atoms with van der Waals surface area (Å²) in [5, 5.41) is 17.6. The summed E-state index contributed by atoms with van der Waals surface area (Å²) < 4.78 is 63.6. The smallest absolute Gasteiger partial charge is 0.450 e. The van der Waals surface area contributed by atoms with Crippen LogP contribution in [0.2, 0.25) is 10.0 Å². The fraction of sp³-hybridized carbons (Fsp3) is 0.100. The van der Waals surface area contributed by atoms with E-state index in [1.807, 2.05) is 6.07 Å². The molecule has 5 rings (SSSR count). The Bertz CT molecular complexity index is 1820. The Morgan fingerprint density at radius 1 is 1.00 bits per heavy atom. The molecule has 42 heavy (non-hydrogen) atoms. The number of hydrogen-bond acceptors (Lipinski definition) is 7. The quantitative estimate of drug-likeness (QED) is 0.172. The maximum atomic E-state index is 13.9. The van der Waals surface area contributed by atoms with Gasteiger partial charge in [-0.3, -0.25) is 0 Å². The van der Waals surface area contributed by atoms with Crippen molar-refractivity contribution in [3.63, 3.8) is 0 Å². The van der Waals surface area contributed by atoms with Gasteiger partial charge in [-0.25, -0.2) is 0 Å². The molecule has 0 amide bonds. The normalized spacial score (nSPS) is 11.3. The van der Waals surface area contributed by atoms with Crippen LogP contribution in [-0.2, 0) is 12.6 Å². The molecule has 3 aromatic carbocycles. The van der Waals surface area contributed by atoms with Crippen LogP contribution in [0.15, 0.2) is 76.1 Å². The first-order valence-corrected chi connectivity index (χ1v) is 12.9. The monoisotopic (exact) mass is 611 g/mol. The van der Waals surface area contributed by atoms with Gasteiger partial charge < -0.3 is 18.3 Å². The van der Waals surface area contributed by atoms with E-state index in [1.54, 1.807) is 36.4 Å². The molecule has 0 saturated carbocycles. The lowest BCUT2D eigenvalue weighted by Crippen LogP contribution is -2.04. The van der Waals surface area contributed by atoms with E-state index in [-0.39, 0.29) is 46.0 Å². The van der Waals surface area contributed by atoms with Crippen molar-refractivity contribution in [2.45, 2.75) is 12.6 Å². The maximum absolute atomic E-state index is 13.9. The average molecular weight is 612 g/mol. The standard InChI is InChI=1S/C30H18Cl2F3N3O4/c1-3-22-18(6-9-24(32)27(22)40-21-11-16(15-36)10-19(31)13-21)12-26-37-38-29(42-26)23-14-25(41-28(23)30(33,34)35)17-4-7-20(39-2)8-5-17/h3-11,13-14H,1,12H2,2H3. The minimum atomic E-state index is -4.82. The van der Waals surface area contributed by atoms with Gasteiger partial charge in [0.1, 0.15) is 17.3 Å². The first kappa shape index (κ1) is 28.8. The third-order valence-electron chi connectivity index (χ3n) is 6.07.